The van der Waals surface area contributed by atoms with E-state index in [0.717, 1.165) is 5.56 Å². The van der Waals surface area contributed by atoms with Crippen molar-refractivity contribution in [1.29, 1.82) is 0 Å². The zero-order valence-electron chi connectivity index (χ0n) is 9.01. The number of nitrogens with one attached hydrogen (secondary N) is 1. The van der Waals surface area contributed by atoms with Crippen molar-refractivity contribution in [2.45, 2.75) is 6.92 Å². The van der Waals surface area contributed by atoms with Gasteiger partial charge in [0.05, 0.1) is 24.3 Å². The topological polar surface area (TPSA) is 67.8 Å². The molecule has 0 saturated carbocycles. The molecule has 0 saturated heterocycles. The first-order chi connectivity index (χ1) is 8.15. The molecule has 0 aliphatic carbocycles. The smallest absolute Gasteiger partial charge is 0.275 e. The quantitative estimate of drug-likeness (QED) is 0.884. The molecule has 0 aliphatic rings. The molecule has 2 rings (SSSR count). The van der Waals surface area contributed by atoms with E-state index in [1.807, 2.05) is 13.0 Å². The molecule has 1 amide bonds. The van der Waals surface area contributed by atoms with Gasteiger partial charge in [0.2, 0.25) is 0 Å². The Labute approximate surface area is 103 Å². The highest BCUT2D eigenvalue weighted by Crippen LogP contribution is 2.09. The van der Waals surface area contributed by atoms with E-state index in [9.17, 15) is 4.79 Å². The van der Waals surface area contributed by atoms with Crippen molar-refractivity contribution in [2.75, 3.05) is 5.32 Å². The summed E-state index contributed by atoms with van der Waals surface area (Å²) in [6.07, 6.45) is 5.91. The van der Waals surface area contributed by atoms with Crippen molar-refractivity contribution in [2.24, 2.45) is 0 Å². The second-order valence-electron chi connectivity index (χ2n) is 3.43. The Morgan fingerprint density at radius 1 is 1.24 bits per heavy atom. The van der Waals surface area contributed by atoms with E-state index in [0.29, 0.717) is 5.69 Å². The molecule has 2 heterocycles. The third kappa shape index (κ3) is 2.98. The summed E-state index contributed by atoms with van der Waals surface area (Å²) >= 11 is 5.58. The number of rotatable bonds is 2. The standard InChI is InChI=1S/C11H9ClN4O/c1-7-2-8(4-13-3-7)16-11(17)9-5-15-10(12)6-14-9/h2-6H,1H3,(H,16,17). The normalized spacial score (nSPS) is 10.0. The van der Waals surface area contributed by atoms with Gasteiger partial charge >= 0.3 is 0 Å². The molecule has 0 atom stereocenters. The lowest BCUT2D eigenvalue weighted by atomic mass is 10.3. The van der Waals surface area contributed by atoms with Gasteiger partial charge in [0.1, 0.15) is 10.8 Å². The molecule has 2 aromatic rings. The Bertz CT molecular complexity index is 541. The minimum atomic E-state index is -0.346. The number of aryl methyl sites for hydroxylation is 1. The van der Waals surface area contributed by atoms with Crippen LogP contribution in [0, 0.1) is 6.92 Å². The van der Waals surface area contributed by atoms with Gasteiger partial charge in [0, 0.05) is 6.20 Å². The number of amides is 1. The monoisotopic (exact) mass is 248 g/mol. The van der Waals surface area contributed by atoms with Gasteiger partial charge in [-0.15, -0.1) is 0 Å². The van der Waals surface area contributed by atoms with Crippen molar-refractivity contribution in [3.63, 3.8) is 0 Å². The molecule has 2 aromatic heterocycles. The SMILES string of the molecule is Cc1cncc(NC(=O)c2cnc(Cl)cn2)c1. The summed E-state index contributed by atoms with van der Waals surface area (Å²) in [5.41, 5.74) is 1.78. The van der Waals surface area contributed by atoms with Crippen LogP contribution in [0.3, 0.4) is 0 Å². The van der Waals surface area contributed by atoms with E-state index in [4.69, 9.17) is 11.6 Å². The molecular formula is C11H9ClN4O. The summed E-state index contributed by atoms with van der Waals surface area (Å²) in [4.78, 5) is 23.4. The molecule has 0 spiro atoms. The molecule has 6 heteroatoms. The lowest BCUT2D eigenvalue weighted by Crippen LogP contribution is -2.14. The van der Waals surface area contributed by atoms with E-state index in [-0.39, 0.29) is 16.8 Å². The van der Waals surface area contributed by atoms with E-state index in [1.54, 1.807) is 12.4 Å². The van der Waals surface area contributed by atoms with Crippen molar-refractivity contribution in [3.05, 3.63) is 47.3 Å². The van der Waals surface area contributed by atoms with Gasteiger partial charge in [-0.1, -0.05) is 11.6 Å². The molecule has 0 aromatic carbocycles. The van der Waals surface area contributed by atoms with E-state index in [1.165, 1.54) is 12.4 Å². The summed E-state index contributed by atoms with van der Waals surface area (Å²) in [6, 6.07) is 1.81. The molecular weight excluding hydrogens is 240 g/mol. The predicted molar refractivity (Wildman–Crippen MR) is 64.0 cm³/mol. The number of hydrogen-bond donors (Lipinski definition) is 1. The Morgan fingerprint density at radius 3 is 2.71 bits per heavy atom. The van der Waals surface area contributed by atoms with Crippen LogP contribution >= 0.6 is 11.6 Å². The summed E-state index contributed by atoms with van der Waals surface area (Å²) < 4.78 is 0. The Balaban J connectivity index is 2.14. The van der Waals surface area contributed by atoms with Gasteiger partial charge in [-0.25, -0.2) is 9.97 Å². The van der Waals surface area contributed by atoms with Crippen LogP contribution in [0.2, 0.25) is 5.15 Å². The summed E-state index contributed by atoms with van der Waals surface area (Å²) in [5.74, 6) is -0.346. The summed E-state index contributed by atoms with van der Waals surface area (Å²) in [5, 5.41) is 2.92. The van der Waals surface area contributed by atoms with Crippen LogP contribution in [0.4, 0.5) is 5.69 Å². The first kappa shape index (κ1) is 11.5. The lowest BCUT2D eigenvalue weighted by Gasteiger charge is -2.04. The van der Waals surface area contributed by atoms with Crippen LogP contribution in [-0.2, 0) is 0 Å². The maximum absolute atomic E-state index is 11.8. The largest absolute Gasteiger partial charge is 0.319 e. The van der Waals surface area contributed by atoms with Crippen LogP contribution < -0.4 is 5.32 Å². The van der Waals surface area contributed by atoms with Gasteiger partial charge in [0.25, 0.3) is 5.91 Å². The zero-order chi connectivity index (χ0) is 12.3. The molecule has 0 radical (unpaired) electrons. The maximum Gasteiger partial charge on any atom is 0.275 e. The number of aromatic nitrogens is 3. The highest BCUT2D eigenvalue weighted by atomic mass is 35.5. The number of halogens is 1. The molecule has 0 bridgehead atoms. The van der Waals surface area contributed by atoms with Gasteiger partial charge in [-0.3, -0.25) is 9.78 Å². The van der Waals surface area contributed by atoms with Crippen molar-refractivity contribution in [1.82, 2.24) is 15.0 Å². The minimum absolute atomic E-state index is 0.205. The molecule has 0 unspecified atom stereocenters. The fourth-order valence-electron chi connectivity index (χ4n) is 1.25. The Hall–Kier alpha value is -2.01. The minimum Gasteiger partial charge on any atom is -0.319 e. The second-order valence-corrected chi connectivity index (χ2v) is 3.82. The number of carbonyl (C=O) groups is 1. The molecule has 5 nitrogen and oxygen atoms in total. The fraction of sp³-hybridized carbons (Fsp3) is 0.0909. The summed E-state index contributed by atoms with van der Waals surface area (Å²) in [6.45, 7) is 1.89. The molecule has 0 aliphatic heterocycles. The first-order valence-corrected chi connectivity index (χ1v) is 5.23. The average molecular weight is 249 g/mol. The summed E-state index contributed by atoms with van der Waals surface area (Å²) in [7, 11) is 0. The number of nitrogens with zero attached hydrogens (tertiary/aromatic N) is 3. The number of pyridine rings is 1. The van der Waals surface area contributed by atoms with Crippen LogP contribution in [0.15, 0.2) is 30.9 Å². The van der Waals surface area contributed by atoms with E-state index in [2.05, 4.69) is 20.3 Å². The lowest BCUT2D eigenvalue weighted by molar-refractivity contribution is 0.102. The van der Waals surface area contributed by atoms with Gasteiger partial charge in [-0.2, -0.15) is 0 Å². The van der Waals surface area contributed by atoms with E-state index < -0.39 is 0 Å². The van der Waals surface area contributed by atoms with Gasteiger partial charge in [-0.05, 0) is 18.6 Å². The van der Waals surface area contributed by atoms with E-state index >= 15 is 0 Å². The molecule has 17 heavy (non-hydrogen) atoms. The molecule has 86 valence electrons. The average Bonchev–Trinajstić information content (AvgIpc) is 2.29. The van der Waals surface area contributed by atoms with Crippen molar-refractivity contribution >= 4 is 23.2 Å². The highest BCUT2D eigenvalue weighted by molar-refractivity contribution is 6.29. The molecule has 0 fully saturated rings. The third-order valence-corrected chi connectivity index (χ3v) is 2.18. The number of carbonyl (C=O) groups excluding carboxylic acids is 1. The zero-order valence-corrected chi connectivity index (χ0v) is 9.77. The van der Waals surface area contributed by atoms with Gasteiger partial charge in [0.15, 0.2) is 0 Å². The van der Waals surface area contributed by atoms with Crippen LogP contribution in [0.1, 0.15) is 16.1 Å². The van der Waals surface area contributed by atoms with Crippen LogP contribution in [0.5, 0.6) is 0 Å². The second kappa shape index (κ2) is 4.88. The Kier molecular flexibility index (Phi) is 3.30. The predicted octanol–water partition coefficient (Wildman–Crippen LogP) is 2.09. The van der Waals surface area contributed by atoms with Crippen LogP contribution in [-0.4, -0.2) is 20.9 Å². The van der Waals surface area contributed by atoms with Crippen LogP contribution in [0.25, 0.3) is 0 Å². The third-order valence-electron chi connectivity index (χ3n) is 1.99. The Morgan fingerprint density at radius 2 is 2.06 bits per heavy atom. The van der Waals surface area contributed by atoms with Gasteiger partial charge < -0.3 is 5.32 Å². The maximum atomic E-state index is 11.8. The highest BCUT2D eigenvalue weighted by Gasteiger charge is 2.08. The number of anilines is 1. The van der Waals surface area contributed by atoms with Crippen molar-refractivity contribution < 1.29 is 4.79 Å². The number of hydrogen-bond acceptors (Lipinski definition) is 4. The first-order valence-electron chi connectivity index (χ1n) is 4.86. The fourth-order valence-corrected chi connectivity index (χ4v) is 1.35. The molecule has 1 N–H and O–H groups in total. The van der Waals surface area contributed by atoms with Crippen molar-refractivity contribution in [3.8, 4) is 0 Å².